The van der Waals surface area contributed by atoms with E-state index in [2.05, 4.69) is 18.7 Å². The molecule has 0 spiro atoms. The van der Waals surface area contributed by atoms with Crippen molar-refractivity contribution in [2.75, 3.05) is 19.7 Å². The molecule has 2 aliphatic rings. The summed E-state index contributed by atoms with van der Waals surface area (Å²) in [5, 5.41) is 10.6. The van der Waals surface area contributed by atoms with Gasteiger partial charge >= 0.3 is 0 Å². The van der Waals surface area contributed by atoms with Crippen molar-refractivity contribution in [3.8, 4) is 0 Å². The van der Waals surface area contributed by atoms with Gasteiger partial charge in [0.1, 0.15) is 0 Å². The van der Waals surface area contributed by atoms with Gasteiger partial charge in [-0.3, -0.25) is 4.90 Å². The molecule has 0 amide bonds. The number of hydrogen-bond acceptors (Lipinski definition) is 3. The van der Waals surface area contributed by atoms with Crippen LogP contribution in [0.1, 0.15) is 52.4 Å². The van der Waals surface area contributed by atoms with Crippen LogP contribution in [0.25, 0.3) is 0 Å². The van der Waals surface area contributed by atoms with E-state index in [0.29, 0.717) is 12.0 Å². The number of hydrogen-bond donors (Lipinski definition) is 1. The van der Waals surface area contributed by atoms with Crippen molar-refractivity contribution in [1.29, 1.82) is 0 Å². The summed E-state index contributed by atoms with van der Waals surface area (Å²) in [4.78, 5) is 2.42. The van der Waals surface area contributed by atoms with Crippen molar-refractivity contribution in [1.82, 2.24) is 4.90 Å². The van der Waals surface area contributed by atoms with Crippen molar-refractivity contribution in [2.24, 2.45) is 5.92 Å². The second-order valence-corrected chi connectivity index (χ2v) is 6.24. The molecule has 0 aromatic heterocycles. The highest BCUT2D eigenvalue weighted by Crippen LogP contribution is 2.28. The first kappa shape index (κ1) is 14.3. The average molecular weight is 255 g/mol. The van der Waals surface area contributed by atoms with Gasteiger partial charge in [0.2, 0.25) is 0 Å². The highest BCUT2D eigenvalue weighted by atomic mass is 16.5. The van der Waals surface area contributed by atoms with Crippen LogP contribution < -0.4 is 0 Å². The van der Waals surface area contributed by atoms with Crippen LogP contribution in [-0.2, 0) is 4.74 Å². The Bertz CT molecular complexity index is 237. The minimum Gasteiger partial charge on any atom is -0.390 e. The van der Waals surface area contributed by atoms with Gasteiger partial charge in [0.05, 0.1) is 18.8 Å². The molecular weight excluding hydrogens is 226 g/mol. The molecule has 1 saturated heterocycles. The summed E-state index contributed by atoms with van der Waals surface area (Å²) in [6.45, 7) is 7.12. The molecule has 1 saturated carbocycles. The monoisotopic (exact) mass is 255 g/mol. The summed E-state index contributed by atoms with van der Waals surface area (Å²) in [6.07, 6.45) is 7.38. The third-order valence-electron chi connectivity index (χ3n) is 4.62. The Morgan fingerprint density at radius 3 is 2.39 bits per heavy atom. The Labute approximate surface area is 112 Å². The normalized spacial score (nSPS) is 30.3. The van der Waals surface area contributed by atoms with Crippen LogP contribution in [0.15, 0.2) is 0 Å². The van der Waals surface area contributed by atoms with Gasteiger partial charge in [-0.1, -0.05) is 25.7 Å². The van der Waals surface area contributed by atoms with E-state index in [1.807, 2.05) is 0 Å². The molecule has 0 bridgehead atoms. The zero-order valence-electron chi connectivity index (χ0n) is 12.0. The maximum absolute atomic E-state index is 10.6. The zero-order chi connectivity index (χ0) is 13.0. The van der Waals surface area contributed by atoms with E-state index in [1.54, 1.807) is 0 Å². The standard InChI is InChI=1S/C15H29NO2/c1-12(2)16-9-10-18-14(11-16)15(17)13-7-5-3-4-6-8-13/h12-15,17H,3-11H2,1-2H3. The number of nitrogens with zero attached hydrogens (tertiary/aromatic N) is 1. The maximum atomic E-state index is 10.6. The van der Waals surface area contributed by atoms with Crippen molar-refractivity contribution >= 4 is 0 Å². The molecular formula is C15H29NO2. The molecule has 18 heavy (non-hydrogen) atoms. The lowest BCUT2D eigenvalue weighted by atomic mass is 9.90. The van der Waals surface area contributed by atoms with Crippen molar-refractivity contribution in [3.05, 3.63) is 0 Å². The Morgan fingerprint density at radius 1 is 1.11 bits per heavy atom. The largest absolute Gasteiger partial charge is 0.390 e. The zero-order valence-corrected chi connectivity index (χ0v) is 12.0. The Kier molecular flexibility index (Phi) is 5.46. The van der Waals surface area contributed by atoms with Gasteiger partial charge in [0.15, 0.2) is 0 Å². The van der Waals surface area contributed by atoms with E-state index in [0.717, 1.165) is 19.7 Å². The summed E-state index contributed by atoms with van der Waals surface area (Å²) in [5.74, 6) is 0.463. The van der Waals surface area contributed by atoms with Crippen LogP contribution in [0.2, 0.25) is 0 Å². The van der Waals surface area contributed by atoms with Crippen LogP contribution >= 0.6 is 0 Å². The number of aliphatic hydroxyl groups is 1. The van der Waals surface area contributed by atoms with E-state index in [1.165, 1.54) is 38.5 Å². The van der Waals surface area contributed by atoms with Crippen LogP contribution in [0.3, 0.4) is 0 Å². The summed E-state index contributed by atoms with van der Waals surface area (Å²) < 4.78 is 5.82. The number of ether oxygens (including phenoxy) is 1. The fourth-order valence-corrected chi connectivity index (χ4v) is 3.33. The molecule has 1 aliphatic heterocycles. The summed E-state index contributed by atoms with van der Waals surface area (Å²) >= 11 is 0. The fourth-order valence-electron chi connectivity index (χ4n) is 3.33. The van der Waals surface area contributed by atoms with Crippen LogP contribution in [0.4, 0.5) is 0 Å². The van der Waals surface area contributed by atoms with Crippen LogP contribution in [-0.4, -0.2) is 48.0 Å². The third-order valence-corrected chi connectivity index (χ3v) is 4.62. The lowest BCUT2D eigenvalue weighted by Crippen LogP contribution is -2.51. The topological polar surface area (TPSA) is 32.7 Å². The predicted molar refractivity (Wildman–Crippen MR) is 73.6 cm³/mol. The third kappa shape index (κ3) is 3.69. The molecule has 3 heteroatoms. The van der Waals surface area contributed by atoms with E-state index >= 15 is 0 Å². The lowest BCUT2D eigenvalue weighted by molar-refractivity contribution is -0.112. The summed E-state index contributed by atoms with van der Waals surface area (Å²) in [6, 6.07) is 0.553. The van der Waals surface area contributed by atoms with E-state index in [4.69, 9.17) is 4.74 Å². The second kappa shape index (κ2) is 6.88. The molecule has 0 aromatic rings. The van der Waals surface area contributed by atoms with Crippen molar-refractivity contribution < 1.29 is 9.84 Å². The number of rotatable bonds is 3. The van der Waals surface area contributed by atoms with Gasteiger partial charge < -0.3 is 9.84 Å². The van der Waals surface area contributed by atoms with Gasteiger partial charge in [-0.05, 0) is 32.6 Å². The van der Waals surface area contributed by atoms with Gasteiger partial charge in [-0.2, -0.15) is 0 Å². The molecule has 1 heterocycles. The molecule has 0 aromatic carbocycles. The first-order valence-corrected chi connectivity index (χ1v) is 7.72. The van der Waals surface area contributed by atoms with Crippen LogP contribution in [0.5, 0.6) is 0 Å². The minimum atomic E-state index is -0.260. The molecule has 3 nitrogen and oxygen atoms in total. The highest BCUT2D eigenvalue weighted by molar-refractivity contribution is 4.84. The molecule has 1 aliphatic carbocycles. The first-order chi connectivity index (χ1) is 8.68. The smallest absolute Gasteiger partial charge is 0.0963 e. The average Bonchev–Trinajstić information content (AvgIpc) is 2.67. The predicted octanol–water partition coefficient (Wildman–Crippen LogP) is 2.43. The minimum absolute atomic E-state index is 0.0317. The lowest BCUT2D eigenvalue weighted by Gasteiger charge is -2.39. The van der Waals surface area contributed by atoms with E-state index < -0.39 is 0 Å². The SMILES string of the molecule is CC(C)N1CCOC(C(O)C2CCCCCC2)C1. The van der Waals surface area contributed by atoms with E-state index in [-0.39, 0.29) is 12.2 Å². The second-order valence-electron chi connectivity index (χ2n) is 6.24. The maximum Gasteiger partial charge on any atom is 0.0963 e. The molecule has 2 atom stereocenters. The van der Waals surface area contributed by atoms with E-state index in [9.17, 15) is 5.11 Å². The van der Waals surface area contributed by atoms with Gasteiger partial charge in [-0.25, -0.2) is 0 Å². The Balaban J connectivity index is 1.88. The van der Waals surface area contributed by atoms with Gasteiger partial charge in [0, 0.05) is 19.1 Å². The summed E-state index contributed by atoms with van der Waals surface area (Å²) in [7, 11) is 0. The molecule has 0 radical (unpaired) electrons. The molecule has 2 rings (SSSR count). The Morgan fingerprint density at radius 2 is 1.78 bits per heavy atom. The van der Waals surface area contributed by atoms with Crippen molar-refractivity contribution in [3.63, 3.8) is 0 Å². The Hall–Kier alpha value is -0.120. The quantitative estimate of drug-likeness (QED) is 0.786. The number of aliphatic hydroxyl groups excluding tert-OH is 1. The fraction of sp³-hybridized carbons (Fsp3) is 1.00. The first-order valence-electron chi connectivity index (χ1n) is 7.72. The van der Waals surface area contributed by atoms with Gasteiger partial charge in [-0.15, -0.1) is 0 Å². The molecule has 2 fully saturated rings. The van der Waals surface area contributed by atoms with Crippen LogP contribution in [0, 0.1) is 5.92 Å². The summed E-state index contributed by atoms with van der Waals surface area (Å²) in [5.41, 5.74) is 0. The highest BCUT2D eigenvalue weighted by Gasteiger charge is 2.32. The van der Waals surface area contributed by atoms with Crippen molar-refractivity contribution in [2.45, 2.75) is 70.6 Å². The van der Waals surface area contributed by atoms with Gasteiger partial charge in [0.25, 0.3) is 0 Å². The molecule has 1 N–H and O–H groups in total. The number of morpholine rings is 1. The molecule has 106 valence electrons. The molecule has 2 unspecified atom stereocenters.